The van der Waals surface area contributed by atoms with Gasteiger partial charge in [-0.15, -0.1) is 0 Å². The zero-order chi connectivity index (χ0) is 12.4. The summed E-state index contributed by atoms with van der Waals surface area (Å²) in [5.41, 5.74) is 4.83. The molecule has 0 radical (unpaired) electrons. The summed E-state index contributed by atoms with van der Waals surface area (Å²) in [5, 5.41) is 1.24. The molecule has 3 rings (SSSR count). The third-order valence-corrected chi connectivity index (χ3v) is 3.20. The standard InChI is InChI=1S/C17H15N/c1-13-11-15(12-14-7-3-2-4-8-14)18-17-10-6-5-9-16(13)17/h2-11H,12H2,1H3. The molecule has 0 N–H and O–H groups in total. The smallest absolute Gasteiger partial charge is 0.0708 e. The van der Waals surface area contributed by atoms with E-state index < -0.39 is 0 Å². The summed E-state index contributed by atoms with van der Waals surface area (Å²) in [7, 11) is 0. The van der Waals surface area contributed by atoms with Crippen molar-refractivity contribution in [2.24, 2.45) is 0 Å². The number of hydrogen-bond acceptors (Lipinski definition) is 1. The third-order valence-electron chi connectivity index (χ3n) is 3.20. The minimum Gasteiger partial charge on any atom is -0.252 e. The first kappa shape index (κ1) is 11.0. The van der Waals surface area contributed by atoms with Crippen LogP contribution in [0.25, 0.3) is 10.9 Å². The van der Waals surface area contributed by atoms with Gasteiger partial charge in [-0.1, -0.05) is 48.5 Å². The maximum absolute atomic E-state index is 4.73. The molecule has 0 saturated carbocycles. The topological polar surface area (TPSA) is 12.9 Å². The Labute approximate surface area is 107 Å². The van der Waals surface area contributed by atoms with Gasteiger partial charge in [0.25, 0.3) is 0 Å². The molecule has 1 heterocycles. The van der Waals surface area contributed by atoms with Gasteiger partial charge in [-0.2, -0.15) is 0 Å². The molecule has 0 aliphatic carbocycles. The Bertz CT molecular complexity index is 672. The van der Waals surface area contributed by atoms with E-state index in [-0.39, 0.29) is 0 Å². The van der Waals surface area contributed by atoms with Crippen molar-refractivity contribution in [1.82, 2.24) is 4.98 Å². The summed E-state index contributed by atoms with van der Waals surface area (Å²) in [4.78, 5) is 4.73. The van der Waals surface area contributed by atoms with E-state index in [0.29, 0.717) is 0 Å². The Hall–Kier alpha value is -2.15. The molecule has 18 heavy (non-hydrogen) atoms. The number of para-hydroxylation sites is 1. The molecule has 1 aromatic heterocycles. The van der Waals surface area contributed by atoms with Crippen molar-refractivity contribution in [2.75, 3.05) is 0 Å². The lowest BCUT2D eigenvalue weighted by molar-refractivity contribution is 1.09. The van der Waals surface area contributed by atoms with Crippen LogP contribution in [-0.4, -0.2) is 4.98 Å². The van der Waals surface area contributed by atoms with Crippen LogP contribution >= 0.6 is 0 Å². The van der Waals surface area contributed by atoms with Crippen molar-refractivity contribution in [3.63, 3.8) is 0 Å². The molecule has 0 aliphatic rings. The van der Waals surface area contributed by atoms with E-state index >= 15 is 0 Å². The molecular weight excluding hydrogens is 218 g/mol. The van der Waals surface area contributed by atoms with Gasteiger partial charge in [0, 0.05) is 17.5 Å². The van der Waals surface area contributed by atoms with Gasteiger partial charge in [0.1, 0.15) is 0 Å². The molecule has 1 heteroatoms. The Morgan fingerprint density at radius 3 is 2.44 bits per heavy atom. The van der Waals surface area contributed by atoms with E-state index in [9.17, 15) is 0 Å². The number of aryl methyl sites for hydroxylation is 1. The molecule has 88 valence electrons. The van der Waals surface area contributed by atoms with Crippen LogP contribution in [0.2, 0.25) is 0 Å². The van der Waals surface area contributed by atoms with Gasteiger partial charge in [0.05, 0.1) is 5.52 Å². The fraction of sp³-hybridized carbons (Fsp3) is 0.118. The van der Waals surface area contributed by atoms with Gasteiger partial charge < -0.3 is 0 Å². The van der Waals surface area contributed by atoms with Gasteiger partial charge in [-0.3, -0.25) is 4.98 Å². The zero-order valence-electron chi connectivity index (χ0n) is 10.4. The highest BCUT2D eigenvalue weighted by atomic mass is 14.7. The fourth-order valence-electron chi connectivity index (χ4n) is 2.31. The van der Waals surface area contributed by atoms with Gasteiger partial charge in [-0.25, -0.2) is 0 Å². The van der Waals surface area contributed by atoms with E-state index in [1.165, 1.54) is 16.5 Å². The molecule has 0 fully saturated rings. The van der Waals surface area contributed by atoms with Crippen LogP contribution in [0.1, 0.15) is 16.8 Å². The second kappa shape index (κ2) is 4.61. The van der Waals surface area contributed by atoms with E-state index in [2.05, 4.69) is 55.5 Å². The molecule has 0 amide bonds. The maximum atomic E-state index is 4.73. The van der Waals surface area contributed by atoms with Crippen LogP contribution in [0.15, 0.2) is 60.7 Å². The van der Waals surface area contributed by atoms with Crippen LogP contribution in [-0.2, 0) is 6.42 Å². The average Bonchev–Trinajstić information content (AvgIpc) is 2.40. The Balaban J connectivity index is 2.03. The van der Waals surface area contributed by atoms with Gasteiger partial charge in [-0.05, 0) is 30.2 Å². The molecule has 0 aliphatic heterocycles. The van der Waals surface area contributed by atoms with Crippen molar-refractivity contribution in [3.05, 3.63) is 77.5 Å². The average molecular weight is 233 g/mol. The zero-order valence-corrected chi connectivity index (χ0v) is 10.4. The highest BCUT2D eigenvalue weighted by molar-refractivity contribution is 5.82. The van der Waals surface area contributed by atoms with Crippen molar-refractivity contribution < 1.29 is 0 Å². The summed E-state index contributed by atoms with van der Waals surface area (Å²) in [6, 6.07) is 21.0. The highest BCUT2D eigenvalue weighted by Gasteiger charge is 2.03. The van der Waals surface area contributed by atoms with Crippen LogP contribution in [0.4, 0.5) is 0 Å². The van der Waals surface area contributed by atoms with Crippen molar-refractivity contribution in [1.29, 1.82) is 0 Å². The monoisotopic (exact) mass is 233 g/mol. The van der Waals surface area contributed by atoms with E-state index in [0.717, 1.165) is 17.6 Å². The predicted molar refractivity (Wildman–Crippen MR) is 75.7 cm³/mol. The van der Waals surface area contributed by atoms with E-state index in [1.54, 1.807) is 0 Å². The number of benzene rings is 2. The number of rotatable bonds is 2. The Morgan fingerprint density at radius 1 is 0.889 bits per heavy atom. The molecule has 0 bridgehead atoms. The largest absolute Gasteiger partial charge is 0.252 e. The summed E-state index contributed by atoms with van der Waals surface area (Å²) in [6.07, 6.45) is 0.895. The van der Waals surface area contributed by atoms with Gasteiger partial charge in [0.2, 0.25) is 0 Å². The number of aromatic nitrogens is 1. The lowest BCUT2D eigenvalue weighted by atomic mass is 10.0. The second-order valence-electron chi connectivity index (χ2n) is 4.61. The van der Waals surface area contributed by atoms with Gasteiger partial charge >= 0.3 is 0 Å². The second-order valence-corrected chi connectivity index (χ2v) is 4.61. The highest BCUT2D eigenvalue weighted by Crippen LogP contribution is 2.18. The molecule has 2 aromatic carbocycles. The molecule has 0 unspecified atom stereocenters. The van der Waals surface area contributed by atoms with Crippen LogP contribution in [0.5, 0.6) is 0 Å². The molecule has 0 saturated heterocycles. The quantitative estimate of drug-likeness (QED) is 0.648. The first-order valence-corrected chi connectivity index (χ1v) is 6.22. The van der Waals surface area contributed by atoms with Gasteiger partial charge in [0.15, 0.2) is 0 Å². The number of nitrogens with zero attached hydrogens (tertiary/aromatic N) is 1. The van der Waals surface area contributed by atoms with Crippen molar-refractivity contribution >= 4 is 10.9 Å². The summed E-state index contributed by atoms with van der Waals surface area (Å²) in [6.45, 7) is 2.15. The molecular formula is C17H15N. The van der Waals surface area contributed by atoms with E-state index in [1.807, 2.05) is 12.1 Å². The first-order valence-electron chi connectivity index (χ1n) is 6.22. The molecule has 1 nitrogen and oxygen atoms in total. The SMILES string of the molecule is Cc1cc(Cc2ccccc2)nc2ccccc12. The fourth-order valence-corrected chi connectivity index (χ4v) is 2.31. The lowest BCUT2D eigenvalue weighted by Crippen LogP contribution is -1.94. The first-order chi connectivity index (χ1) is 8.83. The maximum Gasteiger partial charge on any atom is 0.0708 e. The summed E-state index contributed by atoms with van der Waals surface area (Å²) < 4.78 is 0. The van der Waals surface area contributed by atoms with Crippen molar-refractivity contribution in [3.8, 4) is 0 Å². The van der Waals surface area contributed by atoms with E-state index in [4.69, 9.17) is 4.98 Å². The third kappa shape index (κ3) is 2.12. The minimum atomic E-state index is 0.895. The molecule has 0 spiro atoms. The minimum absolute atomic E-state index is 0.895. The normalized spacial score (nSPS) is 10.7. The molecule has 0 atom stereocenters. The van der Waals surface area contributed by atoms with Crippen molar-refractivity contribution in [2.45, 2.75) is 13.3 Å². The Kier molecular flexibility index (Phi) is 2.81. The van der Waals surface area contributed by atoms with Crippen LogP contribution in [0, 0.1) is 6.92 Å². The number of hydrogen-bond donors (Lipinski definition) is 0. The Morgan fingerprint density at radius 2 is 1.61 bits per heavy atom. The number of pyridine rings is 1. The summed E-state index contributed by atoms with van der Waals surface area (Å²) >= 11 is 0. The summed E-state index contributed by atoms with van der Waals surface area (Å²) in [5.74, 6) is 0. The lowest BCUT2D eigenvalue weighted by Gasteiger charge is -2.06. The van der Waals surface area contributed by atoms with Crippen LogP contribution < -0.4 is 0 Å². The predicted octanol–water partition coefficient (Wildman–Crippen LogP) is 4.13. The number of fused-ring (bicyclic) bond motifs is 1. The van der Waals surface area contributed by atoms with Crippen LogP contribution in [0.3, 0.4) is 0 Å². The molecule has 3 aromatic rings.